The molecule has 0 bridgehead atoms. The Morgan fingerprint density at radius 2 is 1.89 bits per heavy atom. The van der Waals surface area contributed by atoms with Gasteiger partial charge in [-0.1, -0.05) is 18.2 Å². The maximum atomic E-state index is 10.7. The van der Waals surface area contributed by atoms with Gasteiger partial charge in [-0.3, -0.25) is 0 Å². The Morgan fingerprint density at radius 1 is 1.17 bits per heavy atom. The minimum Gasteiger partial charge on any atom is -0.489 e. The molecule has 2 rings (SSSR count). The highest BCUT2D eigenvalue weighted by Gasteiger charge is 2.02. The number of ether oxygens (including phenoxy) is 1. The quantitative estimate of drug-likeness (QED) is 0.809. The van der Waals surface area contributed by atoms with E-state index >= 15 is 0 Å². The maximum absolute atomic E-state index is 10.7. The van der Waals surface area contributed by atoms with E-state index in [2.05, 4.69) is 0 Å². The first-order valence-corrected chi connectivity index (χ1v) is 5.46. The zero-order chi connectivity index (χ0) is 13.0. The normalized spacial score (nSPS) is 10.0. The fourth-order valence-corrected chi connectivity index (χ4v) is 1.51. The van der Waals surface area contributed by atoms with Crippen LogP contribution < -0.4 is 10.5 Å². The number of carboxylic acids is 1. The summed E-state index contributed by atoms with van der Waals surface area (Å²) in [4.78, 5) is 10.7. The van der Waals surface area contributed by atoms with E-state index in [0.717, 1.165) is 5.56 Å². The molecule has 0 unspecified atom stereocenters. The minimum absolute atomic E-state index is 0.266. The van der Waals surface area contributed by atoms with Crippen LogP contribution >= 0.6 is 0 Å². The number of hydrogen-bond donors (Lipinski definition) is 2. The maximum Gasteiger partial charge on any atom is 0.335 e. The molecule has 0 spiro atoms. The summed E-state index contributed by atoms with van der Waals surface area (Å²) in [5, 5.41) is 8.77. The molecule has 0 aromatic heterocycles. The molecule has 18 heavy (non-hydrogen) atoms. The number of rotatable bonds is 4. The van der Waals surface area contributed by atoms with Crippen molar-refractivity contribution in [1.82, 2.24) is 0 Å². The van der Waals surface area contributed by atoms with E-state index in [1.165, 1.54) is 0 Å². The van der Waals surface area contributed by atoms with Crippen LogP contribution in [0.2, 0.25) is 0 Å². The van der Waals surface area contributed by atoms with Gasteiger partial charge in [0.25, 0.3) is 0 Å². The van der Waals surface area contributed by atoms with Gasteiger partial charge in [0.2, 0.25) is 0 Å². The minimum atomic E-state index is -0.932. The molecule has 2 aromatic rings. The van der Waals surface area contributed by atoms with E-state index in [1.54, 1.807) is 36.4 Å². The third-order valence-corrected chi connectivity index (χ3v) is 2.46. The summed E-state index contributed by atoms with van der Waals surface area (Å²) in [6.07, 6.45) is 0. The SMILES string of the molecule is Nc1cccc(OCc2ccc(C(=O)O)cc2)c1. The molecule has 0 heterocycles. The Hall–Kier alpha value is -2.49. The summed E-state index contributed by atoms with van der Waals surface area (Å²) in [6.45, 7) is 0.378. The van der Waals surface area contributed by atoms with Gasteiger partial charge in [0, 0.05) is 11.8 Å². The third kappa shape index (κ3) is 3.01. The monoisotopic (exact) mass is 243 g/mol. The van der Waals surface area contributed by atoms with Crippen molar-refractivity contribution in [1.29, 1.82) is 0 Å². The van der Waals surface area contributed by atoms with Crippen molar-refractivity contribution in [3.8, 4) is 5.75 Å². The van der Waals surface area contributed by atoms with Crippen LogP contribution in [0, 0.1) is 0 Å². The van der Waals surface area contributed by atoms with Gasteiger partial charge in [0.05, 0.1) is 5.56 Å². The Balaban J connectivity index is 2.00. The Bertz CT molecular complexity index is 549. The van der Waals surface area contributed by atoms with Crippen molar-refractivity contribution in [2.45, 2.75) is 6.61 Å². The summed E-state index contributed by atoms with van der Waals surface area (Å²) < 4.78 is 5.55. The fraction of sp³-hybridized carbons (Fsp3) is 0.0714. The number of aromatic carboxylic acids is 1. The second-order valence-electron chi connectivity index (χ2n) is 3.86. The van der Waals surface area contributed by atoms with Gasteiger partial charge < -0.3 is 15.6 Å². The zero-order valence-electron chi connectivity index (χ0n) is 9.67. The number of anilines is 1. The van der Waals surface area contributed by atoms with E-state index in [-0.39, 0.29) is 5.56 Å². The van der Waals surface area contributed by atoms with Crippen molar-refractivity contribution in [3.63, 3.8) is 0 Å². The molecular weight excluding hydrogens is 230 g/mol. The van der Waals surface area contributed by atoms with Gasteiger partial charge in [-0.15, -0.1) is 0 Å². The van der Waals surface area contributed by atoms with E-state index in [4.69, 9.17) is 15.6 Å². The second kappa shape index (κ2) is 5.23. The van der Waals surface area contributed by atoms with Crippen LogP contribution in [0.5, 0.6) is 5.75 Å². The third-order valence-electron chi connectivity index (χ3n) is 2.46. The molecule has 0 atom stereocenters. The number of nitrogens with two attached hydrogens (primary N) is 1. The zero-order valence-corrected chi connectivity index (χ0v) is 9.67. The molecule has 0 amide bonds. The van der Waals surface area contributed by atoms with Crippen LogP contribution in [0.4, 0.5) is 5.69 Å². The predicted molar refractivity (Wildman–Crippen MR) is 68.6 cm³/mol. The molecule has 0 aliphatic heterocycles. The largest absolute Gasteiger partial charge is 0.489 e. The first kappa shape index (κ1) is 12.0. The molecule has 0 radical (unpaired) electrons. The van der Waals surface area contributed by atoms with Gasteiger partial charge in [0.1, 0.15) is 12.4 Å². The highest BCUT2D eigenvalue weighted by molar-refractivity contribution is 5.87. The molecule has 2 aromatic carbocycles. The average molecular weight is 243 g/mol. The van der Waals surface area contributed by atoms with Gasteiger partial charge in [-0.2, -0.15) is 0 Å². The van der Waals surface area contributed by atoms with E-state index in [9.17, 15) is 4.79 Å². The van der Waals surface area contributed by atoms with Gasteiger partial charge in [-0.25, -0.2) is 4.79 Å². The van der Waals surface area contributed by atoms with Gasteiger partial charge in [-0.05, 0) is 29.8 Å². The highest BCUT2D eigenvalue weighted by Crippen LogP contribution is 2.16. The van der Waals surface area contributed by atoms with Crippen LogP contribution in [0.3, 0.4) is 0 Å². The van der Waals surface area contributed by atoms with Crippen molar-refractivity contribution >= 4 is 11.7 Å². The van der Waals surface area contributed by atoms with Crippen molar-refractivity contribution in [2.24, 2.45) is 0 Å². The lowest BCUT2D eigenvalue weighted by Gasteiger charge is -2.07. The lowest BCUT2D eigenvalue weighted by molar-refractivity contribution is 0.0697. The topological polar surface area (TPSA) is 72.5 Å². The summed E-state index contributed by atoms with van der Waals surface area (Å²) >= 11 is 0. The molecule has 3 N–H and O–H groups in total. The second-order valence-corrected chi connectivity index (χ2v) is 3.86. The van der Waals surface area contributed by atoms with Crippen LogP contribution in [0.25, 0.3) is 0 Å². The van der Waals surface area contributed by atoms with Gasteiger partial charge >= 0.3 is 5.97 Å². The van der Waals surface area contributed by atoms with Crippen molar-refractivity contribution < 1.29 is 14.6 Å². The molecule has 92 valence electrons. The van der Waals surface area contributed by atoms with Crippen LogP contribution in [0.15, 0.2) is 48.5 Å². The number of benzene rings is 2. The first-order valence-electron chi connectivity index (χ1n) is 5.46. The first-order chi connectivity index (χ1) is 8.65. The Labute approximate surface area is 105 Å². The highest BCUT2D eigenvalue weighted by atomic mass is 16.5. The summed E-state index contributed by atoms with van der Waals surface area (Å²) in [7, 11) is 0. The molecule has 0 aliphatic carbocycles. The lowest BCUT2D eigenvalue weighted by Crippen LogP contribution is -1.99. The number of nitrogen functional groups attached to an aromatic ring is 1. The summed E-state index contributed by atoms with van der Waals surface area (Å²) in [5.41, 5.74) is 7.45. The number of carbonyl (C=O) groups is 1. The van der Waals surface area contributed by atoms with E-state index in [0.29, 0.717) is 18.0 Å². The van der Waals surface area contributed by atoms with Crippen molar-refractivity contribution in [3.05, 3.63) is 59.7 Å². The molecule has 4 nitrogen and oxygen atoms in total. The molecule has 0 aliphatic rings. The smallest absolute Gasteiger partial charge is 0.335 e. The van der Waals surface area contributed by atoms with E-state index < -0.39 is 5.97 Å². The number of carboxylic acid groups (broad SMARTS) is 1. The molecular formula is C14H13NO3. The summed E-state index contributed by atoms with van der Waals surface area (Å²) in [6, 6.07) is 13.7. The molecule has 0 saturated carbocycles. The van der Waals surface area contributed by atoms with Crippen LogP contribution in [0.1, 0.15) is 15.9 Å². The molecule has 0 saturated heterocycles. The average Bonchev–Trinajstić information content (AvgIpc) is 2.37. The van der Waals surface area contributed by atoms with E-state index in [1.807, 2.05) is 12.1 Å². The molecule has 4 heteroatoms. The van der Waals surface area contributed by atoms with Gasteiger partial charge in [0.15, 0.2) is 0 Å². The lowest BCUT2D eigenvalue weighted by atomic mass is 10.1. The Kier molecular flexibility index (Phi) is 3.48. The van der Waals surface area contributed by atoms with Crippen LogP contribution in [-0.2, 0) is 6.61 Å². The predicted octanol–water partition coefficient (Wildman–Crippen LogP) is 2.55. The fourth-order valence-electron chi connectivity index (χ4n) is 1.51. The molecule has 0 fully saturated rings. The van der Waals surface area contributed by atoms with Crippen molar-refractivity contribution in [2.75, 3.05) is 5.73 Å². The summed E-state index contributed by atoms with van der Waals surface area (Å²) in [5.74, 6) is -0.240. The standard InChI is InChI=1S/C14H13NO3/c15-12-2-1-3-13(8-12)18-9-10-4-6-11(7-5-10)14(16)17/h1-8H,9,15H2,(H,16,17). The Morgan fingerprint density at radius 3 is 2.50 bits per heavy atom. The van der Waals surface area contributed by atoms with Crippen LogP contribution in [-0.4, -0.2) is 11.1 Å². The number of hydrogen-bond acceptors (Lipinski definition) is 3.